The summed E-state index contributed by atoms with van der Waals surface area (Å²) in [6, 6.07) is 1.87. The summed E-state index contributed by atoms with van der Waals surface area (Å²) in [6.07, 6.45) is 7.14. The van der Waals surface area contributed by atoms with Gasteiger partial charge in [0.05, 0.1) is 30.2 Å². The summed E-state index contributed by atoms with van der Waals surface area (Å²) in [5.74, 6) is 0.0262. The molecule has 1 atom stereocenters. The van der Waals surface area contributed by atoms with Gasteiger partial charge < -0.3 is 9.80 Å². The van der Waals surface area contributed by atoms with Crippen LogP contribution < -0.4 is 0 Å². The standard InChI is InChI=1S/C18H22N6O2/c1-13-9-20-16(10-19-13)18(26)23-12-15-4-6-21-24(15)8-5-14(23)11-22-7-2-3-17(22)25/h4,6,9-10,14H,2-3,5,7-8,11-12H2,1H3. The lowest BCUT2D eigenvalue weighted by Gasteiger charge is -2.32. The molecule has 1 saturated heterocycles. The van der Waals surface area contributed by atoms with Gasteiger partial charge in [-0.15, -0.1) is 0 Å². The van der Waals surface area contributed by atoms with E-state index in [1.165, 1.54) is 6.20 Å². The number of aryl methyl sites for hydroxylation is 2. The van der Waals surface area contributed by atoms with Gasteiger partial charge in [-0.2, -0.15) is 5.10 Å². The Labute approximate surface area is 151 Å². The monoisotopic (exact) mass is 354 g/mol. The fraction of sp³-hybridized carbons (Fsp3) is 0.500. The molecule has 0 radical (unpaired) electrons. The Hall–Kier alpha value is -2.77. The minimum atomic E-state index is -0.149. The van der Waals surface area contributed by atoms with Crippen LogP contribution in [0.5, 0.6) is 0 Å². The third-order valence-corrected chi connectivity index (χ3v) is 5.12. The first-order valence-corrected chi connectivity index (χ1v) is 9.00. The number of fused-ring (bicyclic) bond motifs is 1. The van der Waals surface area contributed by atoms with Crippen LogP contribution in [0.1, 0.15) is 41.1 Å². The summed E-state index contributed by atoms with van der Waals surface area (Å²) in [5, 5.41) is 4.35. The molecule has 8 heteroatoms. The second-order valence-electron chi connectivity index (χ2n) is 6.91. The van der Waals surface area contributed by atoms with Gasteiger partial charge in [-0.25, -0.2) is 4.98 Å². The first kappa shape index (κ1) is 16.7. The van der Waals surface area contributed by atoms with Crippen LogP contribution in [0.4, 0.5) is 0 Å². The fourth-order valence-corrected chi connectivity index (χ4v) is 3.66. The van der Waals surface area contributed by atoms with Crippen LogP contribution in [0.2, 0.25) is 0 Å². The molecule has 0 bridgehead atoms. The molecule has 1 fully saturated rings. The number of likely N-dealkylation sites (tertiary alicyclic amines) is 1. The molecule has 0 aromatic carbocycles. The van der Waals surface area contributed by atoms with E-state index >= 15 is 0 Å². The first-order valence-electron chi connectivity index (χ1n) is 9.00. The van der Waals surface area contributed by atoms with Gasteiger partial charge >= 0.3 is 0 Å². The van der Waals surface area contributed by atoms with E-state index in [-0.39, 0.29) is 17.9 Å². The van der Waals surface area contributed by atoms with Crippen LogP contribution in [0, 0.1) is 6.92 Å². The number of aromatic nitrogens is 4. The molecule has 0 N–H and O–H groups in total. The SMILES string of the molecule is Cc1cnc(C(=O)N2Cc3ccnn3CCC2CN2CCCC2=O)cn1. The van der Waals surface area contributed by atoms with Gasteiger partial charge in [0.15, 0.2) is 0 Å². The van der Waals surface area contributed by atoms with E-state index in [1.807, 2.05) is 27.5 Å². The summed E-state index contributed by atoms with van der Waals surface area (Å²) in [7, 11) is 0. The molecule has 2 aromatic heterocycles. The maximum Gasteiger partial charge on any atom is 0.274 e. The van der Waals surface area contributed by atoms with Crippen LogP contribution in [-0.4, -0.2) is 60.5 Å². The highest BCUT2D eigenvalue weighted by molar-refractivity contribution is 5.92. The molecule has 0 spiro atoms. The summed E-state index contributed by atoms with van der Waals surface area (Å²) >= 11 is 0. The van der Waals surface area contributed by atoms with Gasteiger partial charge in [-0.1, -0.05) is 0 Å². The van der Waals surface area contributed by atoms with Gasteiger partial charge in [0.2, 0.25) is 5.91 Å². The summed E-state index contributed by atoms with van der Waals surface area (Å²) < 4.78 is 1.94. The van der Waals surface area contributed by atoms with Crippen molar-refractivity contribution < 1.29 is 9.59 Å². The number of hydrogen-bond acceptors (Lipinski definition) is 5. The van der Waals surface area contributed by atoms with Crippen LogP contribution in [0.3, 0.4) is 0 Å². The molecule has 0 aliphatic carbocycles. The van der Waals surface area contributed by atoms with E-state index in [4.69, 9.17) is 0 Å². The predicted octanol–water partition coefficient (Wildman–Crippen LogP) is 1.02. The average Bonchev–Trinajstić information content (AvgIpc) is 3.21. The lowest BCUT2D eigenvalue weighted by atomic mass is 10.1. The van der Waals surface area contributed by atoms with E-state index in [9.17, 15) is 9.59 Å². The Morgan fingerprint density at radius 2 is 2.15 bits per heavy atom. The Balaban J connectivity index is 1.61. The minimum absolute atomic E-state index is 0.0608. The number of amides is 2. The van der Waals surface area contributed by atoms with E-state index in [0.29, 0.717) is 25.2 Å². The highest BCUT2D eigenvalue weighted by Crippen LogP contribution is 2.22. The number of hydrogen-bond donors (Lipinski definition) is 0. The van der Waals surface area contributed by atoms with Crippen LogP contribution in [-0.2, 0) is 17.9 Å². The highest BCUT2D eigenvalue weighted by Gasteiger charge is 2.33. The zero-order valence-electron chi connectivity index (χ0n) is 14.8. The Morgan fingerprint density at radius 3 is 2.88 bits per heavy atom. The predicted molar refractivity (Wildman–Crippen MR) is 93.1 cm³/mol. The molecule has 26 heavy (non-hydrogen) atoms. The lowest BCUT2D eigenvalue weighted by molar-refractivity contribution is -0.128. The number of carbonyl (C=O) groups is 2. The molecule has 2 amide bonds. The van der Waals surface area contributed by atoms with Crippen molar-refractivity contribution in [3.8, 4) is 0 Å². The van der Waals surface area contributed by atoms with Gasteiger partial charge in [-0.3, -0.25) is 19.3 Å². The topological polar surface area (TPSA) is 84.2 Å². The third-order valence-electron chi connectivity index (χ3n) is 5.12. The van der Waals surface area contributed by atoms with E-state index in [1.54, 1.807) is 12.4 Å². The number of nitrogens with zero attached hydrogens (tertiary/aromatic N) is 6. The van der Waals surface area contributed by atoms with Crippen LogP contribution in [0.15, 0.2) is 24.7 Å². The summed E-state index contributed by atoms with van der Waals surface area (Å²) in [5.41, 5.74) is 2.10. The van der Waals surface area contributed by atoms with E-state index in [2.05, 4.69) is 15.1 Å². The molecule has 136 valence electrons. The third kappa shape index (κ3) is 3.18. The lowest BCUT2D eigenvalue weighted by Crippen LogP contribution is -2.46. The van der Waals surface area contributed by atoms with Crippen molar-refractivity contribution in [1.29, 1.82) is 0 Å². The molecule has 8 nitrogen and oxygen atoms in total. The summed E-state index contributed by atoms with van der Waals surface area (Å²) in [6.45, 7) is 4.37. The van der Waals surface area contributed by atoms with E-state index < -0.39 is 0 Å². The highest BCUT2D eigenvalue weighted by atomic mass is 16.2. The molecule has 1 unspecified atom stereocenters. The maximum atomic E-state index is 13.2. The van der Waals surface area contributed by atoms with Crippen LogP contribution in [0.25, 0.3) is 0 Å². The largest absolute Gasteiger partial charge is 0.341 e. The van der Waals surface area contributed by atoms with Gasteiger partial charge in [0.1, 0.15) is 5.69 Å². The normalized spacial score (nSPS) is 20.2. The molecule has 2 aliphatic heterocycles. The van der Waals surface area contributed by atoms with Gasteiger partial charge in [0, 0.05) is 38.4 Å². The van der Waals surface area contributed by atoms with Crippen molar-refractivity contribution in [3.05, 3.63) is 41.7 Å². The van der Waals surface area contributed by atoms with Crippen molar-refractivity contribution in [1.82, 2.24) is 29.5 Å². The second-order valence-corrected chi connectivity index (χ2v) is 6.91. The Bertz CT molecular complexity index is 815. The molecule has 4 rings (SSSR count). The minimum Gasteiger partial charge on any atom is -0.341 e. The molecular formula is C18H22N6O2. The number of carbonyl (C=O) groups excluding carboxylic acids is 2. The van der Waals surface area contributed by atoms with Crippen molar-refractivity contribution in [2.75, 3.05) is 13.1 Å². The Morgan fingerprint density at radius 1 is 1.27 bits per heavy atom. The molecular weight excluding hydrogens is 332 g/mol. The molecule has 4 heterocycles. The molecule has 2 aromatic rings. The zero-order valence-corrected chi connectivity index (χ0v) is 14.8. The van der Waals surface area contributed by atoms with Gasteiger partial charge in [0.25, 0.3) is 5.91 Å². The van der Waals surface area contributed by atoms with Crippen molar-refractivity contribution in [2.24, 2.45) is 0 Å². The zero-order chi connectivity index (χ0) is 18.1. The van der Waals surface area contributed by atoms with Crippen LogP contribution >= 0.6 is 0 Å². The molecule has 2 aliphatic rings. The summed E-state index contributed by atoms with van der Waals surface area (Å²) in [4.78, 5) is 37.4. The van der Waals surface area contributed by atoms with Crippen molar-refractivity contribution in [2.45, 2.75) is 45.3 Å². The Kier molecular flexibility index (Phi) is 4.40. The quantitative estimate of drug-likeness (QED) is 0.822. The second kappa shape index (κ2) is 6.86. The smallest absolute Gasteiger partial charge is 0.274 e. The van der Waals surface area contributed by atoms with Crippen molar-refractivity contribution >= 4 is 11.8 Å². The first-order chi connectivity index (χ1) is 12.6. The maximum absolute atomic E-state index is 13.2. The average molecular weight is 354 g/mol. The fourth-order valence-electron chi connectivity index (χ4n) is 3.66. The van der Waals surface area contributed by atoms with Crippen molar-refractivity contribution in [3.63, 3.8) is 0 Å². The number of rotatable bonds is 3. The van der Waals surface area contributed by atoms with E-state index in [0.717, 1.165) is 37.3 Å². The van der Waals surface area contributed by atoms with Gasteiger partial charge in [-0.05, 0) is 25.8 Å². The molecule has 0 saturated carbocycles.